The number of ether oxygens (including phenoxy) is 1. The van der Waals surface area contributed by atoms with Crippen molar-refractivity contribution in [2.24, 2.45) is 0 Å². The smallest absolute Gasteiger partial charge is 0.328 e. The number of carbonyl (C=O) groups is 2. The minimum atomic E-state index is -0.998. The number of anilines is 1. The van der Waals surface area contributed by atoms with E-state index in [0.717, 1.165) is 18.7 Å². The molecule has 3 aliphatic rings. The number of pyridine rings is 1. The largest absolute Gasteiger partial charge is 0.491 e. The van der Waals surface area contributed by atoms with Gasteiger partial charge in [-0.25, -0.2) is 9.78 Å². The second-order valence-electron chi connectivity index (χ2n) is 7.96. The molecule has 4 rings (SSSR count). The quantitative estimate of drug-likeness (QED) is 0.337. The molecule has 1 aromatic rings. The van der Waals surface area contributed by atoms with Crippen molar-refractivity contribution < 1.29 is 24.5 Å². The number of amides is 3. The van der Waals surface area contributed by atoms with Crippen molar-refractivity contribution in [1.82, 2.24) is 25.4 Å². The Labute approximate surface area is 191 Å². The fourth-order valence-corrected chi connectivity index (χ4v) is 4.02. The van der Waals surface area contributed by atoms with E-state index < -0.39 is 18.8 Å². The summed E-state index contributed by atoms with van der Waals surface area (Å²) in [4.78, 5) is 33.8. The molecule has 0 spiro atoms. The SMILES string of the molecule is C=CCNC(=O)C1C=CC2=C(N1)N(C(=O)Nc1cc(OC[C@H](O)CO)ccn1)[C@H]1CCN2C1. The molecule has 1 fully saturated rings. The number of dihydropyridines is 1. The molecule has 176 valence electrons. The van der Waals surface area contributed by atoms with Gasteiger partial charge >= 0.3 is 6.03 Å². The molecular weight excluding hydrogens is 428 g/mol. The third kappa shape index (κ3) is 4.94. The van der Waals surface area contributed by atoms with Crippen LogP contribution in [0.2, 0.25) is 0 Å². The van der Waals surface area contributed by atoms with E-state index >= 15 is 0 Å². The van der Waals surface area contributed by atoms with Crippen molar-refractivity contribution in [2.75, 3.05) is 38.2 Å². The second-order valence-corrected chi connectivity index (χ2v) is 7.96. The van der Waals surface area contributed by atoms with Crippen molar-refractivity contribution in [3.63, 3.8) is 0 Å². The van der Waals surface area contributed by atoms with E-state index in [9.17, 15) is 14.7 Å². The number of nitrogens with one attached hydrogen (secondary N) is 3. The van der Waals surface area contributed by atoms with Gasteiger partial charge in [0, 0.05) is 31.9 Å². The maximum absolute atomic E-state index is 13.3. The number of rotatable bonds is 8. The molecule has 3 aliphatic heterocycles. The zero-order valence-corrected chi connectivity index (χ0v) is 18.1. The summed E-state index contributed by atoms with van der Waals surface area (Å²) in [5, 5.41) is 27.2. The first-order valence-electron chi connectivity index (χ1n) is 10.8. The summed E-state index contributed by atoms with van der Waals surface area (Å²) >= 11 is 0. The lowest BCUT2D eigenvalue weighted by molar-refractivity contribution is -0.121. The minimum absolute atomic E-state index is 0.0428. The standard InChI is InChI=1S/C22H28N6O5/c1-2-7-24-21(31)17-3-4-18-20(25-17)28(14-6-9-27(18)11-14)22(32)26-19-10-16(5-8-23-19)33-13-15(30)12-29/h2-5,8,10,14-15,17,25,29-30H,1,6-7,9,11-13H2,(H,24,31)(H,23,26,32)/t14-,15+,17?/m0/s1. The first kappa shape index (κ1) is 22.6. The third-order valence-electron chi connectivity index (χ3n) is 5.63. The molecule has 33 heavy (non-hydrogen) atoms. The second kappa shape index (κ2) is 9.92. The van der Waals surface area contributed by atoms with Gasteiger partial charge in [-0.2, -0.15) is 0 Å². The fraction of sp³-hybridized carbons (Fsp3) is 0.409. The Bertz CT molecular complexity index is 980. The van der Waals surface area contributed by atoms with Crippen LogP contribution >= 0.6 is 0 Å². The predicted octanol–water partition coefficient (Wildman–Crippen LogP) is -0.265. The molecule has 0 aliphatic carbocycles. The van der Waals surface area contributed by atoms with E-state index in [1.807, 2.05) is 6.08 Å². The van der Waals surface area contributed by atoms with Crippen molar-refractivity contribution in [1.29, 1.82) is 0 Å². The average molecular weight is 457 g/mol. The van der Waals surface area contributed by atoms with Crippen LogP contribution in [0.15, 0.2) is 54.7 Å². The summed E-state index contributed by atoms with van der Waals surface area (Å²) in [6.07, 6.45) is 6.56. The highest BCUT2D eigenvalue weighted by Gasteiger charge is 2.42. The van der Waals surface area contributed by atoms with Gasteiger partial charge in [-0.15, -0.1) is 6.58 Å². The molecule has 0 radical (unpaired) electrons. The summed E-state index contributed by atoms with van der Waals surface area (Å²) in [5.74, 6) is 1.06. The summed E-state index contributed by atoms with van der Waals surface area (Å²) in [7, 11) is 0. The van der Waals surface area contributed by atoms with Crippen molar-refractivity contribution in [3.8, 4) is 5.75 Å². The number of carbonyl (C=O) groups excluding carboxylic acids is 2. The highest BCUT2D eigenvalue weighted by molar-refractivity contribution is 5.91. The zero-order valence-electron chi connectivity index (χ0n) is 18.1. The molecule has 2 bridgehead atoms. The molecule has 1 unspecified atom stereocenters. The Morgan fingerprint density at radius 2 is 2.30 bits per heavy atom. The highest BCUT2D eigenvalue weighted by atomic mass is 16.5. The molecule has 3 atom stereocenters. The molecule has 1 saturated heterocycles. The number of fused-ring (bicyclic) bond motifs is 3. The van der Waals surface area contributed by atoms with E-state index in [2.05, 4.69) is 32.4 Å². The fourth-order valence-electron chi connectivity index (χ4n) is 4.02. The molecular formula is C22H28N6O5. The van der Waals surface area contributed by atoms with Gasteiger partial charge in [0.15, 0.2) is 0 Å². The number of hydrogen-bond donors (Lipinski definition) is 5. The van der Waals surface area contributed by atoms with Crippen molar-refractivity contribution >= 4 is 17.8 Å². The summed E-state index contributed by atoms with van der Waals surface area (Å²) in [6, 6.07) is 2.12. The first-order valence-corrected chi connectivity index (χ1v) is 10.8. The van der Waals surface area contributed by atoms with Gasteiger partial charge in [-0.05, 0) is 18.6 Å². The predicted molar refractivity (Wildman–Crippen MR) is 120 cm³/mol. The van der Waals surface area contributed by atoms with E-state index in [0.29, 0.717) is 24.7 Å². The van der Waals surface area contributed by atoms with Crippen LogP contribution in [-0.2, 0) is 4.79 Å². The van der Waals surface area contributed by atoms with E-state index in [4.69, 9.17) is 9.84 Å². The Balaban J connectivity index is 1.49. The lowest BCUT2D eigenvalue weighted by atomic mass is 10.1. The Morgan fingerprint density at radius 1 is 1.45 bits per heavy atom. The number of aromatic nitrogens is 1. The maximum atomic E-state index is 13.3. The molecule has 11 heteroatoms. The monoisotopic (exact) mass is 456 g/mol. The van der Waals surface area contributed by atoms with Gasteiger partial charge in [0.25, 0.3) is 0 Å². The molecule has 3 amide bonds. The minimum Gasteiger partial charge on any atom is -0.491 e. The van der Waals surface area contributed by atoms with Crippen molar-refractivity contribution in [2.45, 2.75) is 24.6 Å². The Hall–Kier alpha value is -3.57. The van der Waals surface area contributed by atoms with Gasteiger partial charge in [-0.3, -0.25) is 15.0 Å². The molecule has 5 N–H and O–H groups in total. The highest BCUT2D eigenvalue weighted by Crippen LogP contribution is 2.33. The van der Waals surface area contributed by atoms with Gasteiger partial charge in [0.05, 0.1) is 18.3 Å². The zero-order chi connectivity index (χ0) is 23.4. The van der Waals surface area contributed by atoms with E-state index in [1.54, 1.807) is 29.2 Å². The summed E-state index contributed by atoms with van der Waals surface area (Å²) in [5.41, 5.74) is 0.870. The van der Waals surface area contributed by atoms with Crippen LogP contribution in [0.1, 0.15) is 6.42 Å². The van der Waals surface area contributed by atoms with Crippen LogP contribution in [0.5, 0.6) is 5.75 Å². The number of nitrogens with zero attached hydrogens (tertiary/aromatic N) is 3. The van der Waals surface area contributed by atoms with Crippen LogP contribution in [-0.4, -0.2) is 88.0 Å². The third-order valence-corrected chi connectivity index (χ3v) is 5.63. The van der Waals surface area contributed by atoms with E-state index in [1.165, 1.54) is 6.20 Å². The lowest BCUT2D eigenvalue weighted by Crippen LogP contribution is -2.56. The molecule has 4 heterocycles. The van der Waals surface area contributed by atoms with Crippen LogP contribution in [0.3, 0.4) is 0 Å². The van der Waals surface area contributed by atoms with Crippen molar-refractivity contribution in [3.05, 3.63) is 54.7 Å². The number of hydrogen-bond acceptors (Lipinski definition) is 8. The van der Waals surface area contributed by atoms with E-state index in [-0.39, 0.29) is 30.4 Å². The Kier molecular flexibility index (Phi) is 6.80. The van der Waals surface area contributed by atoms with Gasteiger partial charge in [0.1, 0.15) is 36.1 Å². The average Bonchev–Trinajstić information content (AvgIpc) is 3.25. The first-order chi connectivity index (χ1) is 16.0. The number of allylic oxidation sites excluding steroid dienone is 1. The summed E-state index contributed by atoms with van der Waals surface area (Å²) < 4.78 is 5.43. The maximum Gasteiger partial charge on any atom is 0.328 e. The Morgan fingerprint density at radius 3 is 3.09 bits per heavy atom. The van der Waals surface area contributed by atoms with Gasteiger partial charge < -0.3 is 30.5 Å². The molecule has 11 nitrogen and oxygen atoms in total. The number of urea groups is 1. The molecule has 1 aromatic heterocycles. The summed E-state index contributed by atoms with van der Waals surface area (Å²) in [6.45, 7) is 5.00. The lowest BCUT2D eigenvalue weighted by Gasteiger charge is -2.40. The molecule has 0 saturated carbocycles. The van der Waals surface area contributed by atoms with Gasteiger partial charge in [0.2, 0.25) is 5.91 Å². The normalized spacial score (nSPS) is 21.8. The number of aliphatic hydroxyl groups excluding tert-OH is 2. The van der Waals surface area contributed by atoms with Crippen LogP contribution in [0, 0.1) is 0 Å². The number of aliphatic hydroxyl groups is 2. The molecule has 0 aromatic carbocycles. The van der Waals surface area contributed by atoms with Crippen LogP contribution in [0.25, 0.3) is 0 Å². The topological polar surface area (TPSA) is 139 Å². The van der Waals surface area contributed by atoms with Crippen LogP contribution < -0.4 is 20.7 Å². The van der Waals surface area contributed by atoms with Crippen LogP contribution in [0.4, 0.5) is 10.6 Å². The van der Waals surface area contributed by atoms with Gasteiger partial charge in [-0.1, -0.05) is 12.2 Å².